The Labute approximate surface area is 182 Å². The monoisotopic (exact) mass is 482 g/mol. The van der Waals surface area contributed by atoms with Crippen LogP contribution < -0.4 is 5.43 Å². The Hall–Kier alpha value is -1.15. The molecule has 0 atom stereocenters. The first kappa shape index (κ1) is 20.6. The van der Waals surface area contributed by atoms with Gasteiger partial charge in [-0.1, -0.05) is 70.1 Å². The molecule has 1 aliphatic rings. The van der Waals surface area contributed by atoms with E-state index in [-0.39, 0.29) is 37.0 Å². The summed E-state index contributed by atoms with van der Waals surface area (Å²) in [5, 5.41) is 0.309. The van der Waals surface area contributed by atoms with Crippen LogP contribution in [0.2, 0.25) is 25.1 Å². The van der Waals surface area contributed by atoms with Gasteiger partial charge in [-0.2, -0.15) is 5.01 Å². The van der Waals surface area contributed by atoms with E-state index in [0.29, 0.717) is 14.9 Å². The van der Waals surface area contributed by atoms with Crippen LogP contribution in [0.3, 0.4) is 0 Å². The number of imide groups is 1. The van der Waals surface area contributed by atoms with Gasteiger partial charge in [0.15, 0.2) is 0 Å². The van der Waals surface area contributed by atoms with Gasteiger partial charge >= 0.3 is 0 Å². The lowest BCUT2D eigenvalue weighted by molar-refractivity contribution is -0.121. The van der Waals surface area contributed by atoms with Crippen molar-refractivity contribution in [3.8, 4) is 0 Å². The average molecular weight is 485 g/mol. The Kier molecular flexibility index (Phi) is 6.15. The lowest BCUT2D eigenvalue weighted by Gasteiger charge is -2.15. The maximum atomic E-state index is 12.5. The minimum atomic E-state index is -0.850. The fourth-order valence-electron chi connectivity index (χ4n) is 2.31. The molecule has 0 bridgehead atoms. The molecule has 0 aliphatic carbocycles. The number of rotatable bonds is 4. The predicted molar refractivity (Wildman–Crippen MR) is 107 cm³/mol. The quantitative estimate of drug-likeness (QED) is 0.274. The molecule has 0 saturated carbocycles. The molecule has 0 unspecified atom stereocenters. The molecule has 0 spiro atoms. The summed E-state index contributed by atoms with van der Waals surface area (Å²) >= 11 is 31.1. The minimum Gasteiger partial charge on any atom is -0.272 e. The number of hydrogen-bond acceptors (Lipinski definition) is 4. The number of carbonyl (C=O) groups is 3. The van der Waals surface area contributed by atoms with E-state index in [1.807, 2.05) is 0 Å². The molecule has 0 saturated heterocycles. The fourth-order valence-corrected chi connectivity index (χ4v) is 4.36. The standard InChI is InChI=1S/C16H7Cl5N2O3S/c17-6-3-1-2-4-7(6)27-5-8(24)22-23-15(25)9-10(16(23)26)12(19)14(21)13(20)11(9)18/h1-4H,5H2,(H,22,24). The van der Waals surface area contributed by atoms with Crippen molar-refractivity contribution in [2.45, 2.75) is 4.90 Å². The normalized spacial score (nSPS) is 13.1. The summed E-state index contributed by atoms with van der Waals surface area (Å²) in [5.74, 6) is -2.38. The summed E-state index contributed by atoms with van der Waals surface area (Å²) in [6.07, 6.45) is 0. The van der Waals surface area contributed by atoms with Crippen LogP contribution in [0.5, 0.6) is 0 Å². The molecule has 3 rings (SSSR count). The van der Waals surface area contributed by atoms with Gasteiger partial charge < -0.3 is 0 Å². The van der Waals surface area contributed by atoms with Gasteiger partial charge in [0.25, 0.3) is 11.8 Å². The van der Waals surface area contributed by atoms with Crippen molar-refractivity contribution in [2.75, 3.05) is 5.75 Å². The van der Waals surface area contributed by atoms with E-state index in [9.17, 15) is 14.4 Å². The van der Waals surface area contributed by atoms with E-state index < -0.39 is 17.7 Å². The van der Waals surface area contributed by atoms with Crippen molar-refractivity contribution < 1.29 is 14.4 Å². The molecule has 3 amide bonds. The van der Waals surface area contributed by atoms with Crippen LogP contribution in [0.1, 0.15) is 20.7 Å². The molecule has 1 heterocycles. The molecule has 1 aliphatic heterocycles. The molecule has 1 N–H and O–H groups in total. The van der Waals surface area contributed by atoms with Crippen LogP contribution in [0.15, 0.2) is 29.2 Å². The van der Waals surface area contributed by atoms with Crippen LogP contribution in [0, 0.1) is 0 Å². The SMILES string of the molecule is O=C(CSc1ccccc1Cl)NN1C(=O)c2c(Cl)c(Cl)c(Cl)c(Cl)c2C1=O. The second-order valence-electron chi connectivity index (χ2n) is 5.21. The number of hydrazine groups is 1. The Bertz CT molecular complexity index is 952. The van der Waals surface area contributed by atoms with Crippen LogP contribution in [-0.4, -0.2) is 28.5 Å². The van der Waals surface area contributed by atoms with Crippen molar-refractivity contribution in [1.29, 1.82) is 0 Å². The van der Waals surface area contributed by atoms with E-state index >= 15 is 0 Å². The first-order chi connectivity index (χ1) is 12.7. The number of benzene rings is 2. The summed E-state index contributed by atoms with van der Waals surface area (Å²) in [5.41, 5.74) is 1.82. The first-order valence-corrected chi connectivity index (χ1v) is 10.0. The van der Waals surface area contributed by atoms with Crippen molar-refractivity contribution in [3.05, 3.63) is 60.5 Å². The molecule has 27 heavy (non-hydrogen) atoms. The Morgan fingerprint density at radius 1 is 0.889 bits per heavy atom. The molecular weight excluding hydrogens is 478 g/mol. The van der Waals surface area contributed by atoms with E-state index in [1.54, 1.807) is 24.3 Å². The van der Waals surface area contributed by atoms with Gasteiger partial charge in [-0.05, 0) is 12.1 Å². The number of nitrogens with zero attached hydrogens (tertiary/aromatic N) is 1. The summed E-state index contributed by atoms with van der Waals surface area (Å²) in [6, 6.07) is 6.96. The lowest BCUT2D eigenvalue weighted by atomic mass is 10.1. The highest BCUT2D eigenvalue weighted by atomic mass is 35.5. The summed E-state index contributed by atoms with van der Waals surface area (Å²) in [7, 11) is 0. The predicted octanol–water partition coefficient (Wildman–Crippen LogP) is 5.37. The van der Waals surface area contributed by atoms with E-state index in [0.717, 1.165) is 11.8 Å². The van der Waals surface area contributed by atoms with Crippen LogP contribution in [-0.2, 0) is 4.79 Å². The third kappa shape index (κ3) is 3.75. The maximum Gasteiger partial charge on any atom is 0.282 e. The molecule has 11 heteroatoms. The highest BCUT2D eigenvalue weighted by Gasteiger charge is 2.42. The Morgan fingerprint density at radius 3 is 1.93 bits per heavy atom. The number of fused-ring (bicyclic) bond motifs is 1. The molecule has 0 fully saturated rings. The summed E-state index contributed by atoms with van der Waals surface area (Å²) in [4.78, 5) is 37.9. The zero-order valence-electron chi connectivity index (χ0n) is 13.0. The second kappa shape index (κ2) is 8.07. The van der Waals surface area contributed by atoms with Gasteiger partial charge in [0.1, 0.15) is 0 Å². The van der Waals surface area contributed by atoms with Crippen molar-refractivity contribution in [2.24, 2.45) is 0 Å². The molecule has 0 radical (unpaired) electrons. The highest BCUT2D eigenvalue weighted by molar-refractivity contribution is 8.00. The van der Waals surface area contributed by atoms with Gasteiger partial charge in [0.05, 0.1) is 42.0 Å². The third-order valence-electron chi connectivity index (χ3n) is 3.53. The topological polar surface area (TPSA) is 66.5 Å². The van der Waals surface area contributed by atoms with Crippen LogP contribution in [0.25, 0.3) is 0 Å². The largest absolute Gasteiger partial charge is 0.282 e. The van der Waals surface area contributed by atoms with Gasteiger partial charge in [-0.3, -0.25) is 19.8 Å². The Balaban J connectivity index is 1.79. The molecule has 140 valence electrons. The number of carbonyl (C=O) groups excluding carboxylic acids is 3. The van der Waals surface area contributed by atoms with E-state index in [1.165, 1.54) is 0 Å². The molecule has 5 nitrogen and oxygen atoms in total. The highest BCUT2D eigenvalue weighted by Crippen LogP contribution is 2.44. The molecular formula is C16H7Cl5N2O3S. The number of halogens is 5. The van der Waals surface area contributed by atoms with Crippen molar-refractivity contribution in [1.82, 2.24) is 10.4 Å². The van der Waals surface area contributed by atoms with Crippen molar-refractivity contribution in [3.63, 3.8) is 0 Å². The van der Waals surface area contributed by atoms with E-state index in [4.69, 9.17) is 58.0 Å². The number of thioether (sulfide) groups is 1. The molecule has 2 aromatic rings. The van der Waals surface area contributed by atoms with Gasteiger partial charge in [0.2, 0.25) is 5.91 Å². The minimum absolute atomic E-state index is 0.0832. The zero-order chi connectivity index (χ0) is 19.9. The van der Waals surface area contributed by atoms with E-state index in [2.05, 4.69) is 5.43 Å². The zero-order valence-corrected chi connectivity index (χ0v) is 17.6. The maximum absolute atomic E-state index is 12.5. The van der Waals surface area contributed by atoms with Gasteiger partial charge in [-0.15, -0.1) is 11.8 Å². The lowest BCUT2D eigenvalue weighted by Crippen LogP contribution is -2.46. The van der Waals surface area contributed by atoms with Crippen LogP contribution >= 0.6 is 69.8 Å². The number of hydrogen-bond donors (Lipinski definition) is 1. The third-order valence-corrected chi connectivity index (χ3v) is 6.85. The number of nitrogens with one attached hydrogen (secondary N) is 1. The number of amides is 3. The average Bonchev–Trinajstić information content (AvgIpc) is 2.89. The van der Waals surface area contributed by atoms with Gasteiger partial charge in [0, 0.05) is 4.90 Å². The van der Waals surface area contributed by atoms with Crippen LogP contribution in [0.4, 0.5) is 0 Å². The fraction of sp³-hybridized carbons (Fsp3) is 0.0625. The van der Waals surface area contributed by atoms with Crippen molar-refractivity contribution >= 4 is 87.5 Å². The molecule has 2 aromatic carbocycles. The Morgan fingerprint density at radius 2 is 1.41 bits per heavy atom. The summed E-state index contributed by atoms with van der Waals surface area (Å²) in [6.45, 7) is 0. The first-order valence-electron chi connectivity index (χ1n) is 7.15. The smallest absolute Gasteiger partial charge is 0.272 e. The second-order valence-corrected chi connectivity index (χ2v) is 8.14. The molecule has 0 aromatic heterocycles. The summed E-state index contributed by atoms with van der Waals surface area (Å²) < 4.78 is 0. The van der Waals surface area contributed by atoms with Gasteiger partial charge in [-0.25, -0.2) is 0 Å².